The number of nitrogens with two attached hydrogens (primary N) is 1. The summed E-state index contributed by atoms with van der Waals surface area (Å²) in [5, 5.41) is 1.37. The second kappa shape index (κ2) is 8.22. The first-order valence-electron chi connectivity index (χ1n) is 5.65. The summed E-state index contributed by atoms with van der Waals surface area (Å²) in [5.41, 5.74) is 3.92. The molecule has 0 bridgehead atoms. The van der Waals surface area contributed by atoms with Gasteiger partial charge in [0.25, 0.3) is 0 Å². The molecule has 1 unspecified atom stereocenters. The largest absolute Gasteiger partial charge is 0.271 e. The van der Waals surface area contributed by atoms with E-state index in [1.807, 2.05) is 23.9 Å². The molecule has 1 aromatic rings. The van der Waals surface area contributed by atoms with Crippen molar-refractivity contribution in [1.82, 2.24) is 5.43 Å². The topological polar surface area (TPSA) is 38.0 Å². The Hall–Kier alpha value is 0.0700. The van der Waals surface area contributed by atoms with Crippen LogP contribution in [-0.2, 0) is 6.42 Å². The monoisotopic (exact) mass is 292 g/mol. The molecule has 3 N–H and O–H groups in total. The summed E-state index contributed by atoms with van der Waals surface area (Å²) >= 11 is 13.9. The third kappa shape index (κ3) is 5.49. The highest BCUT2D eigenvalue weighted by atomic mass is 35.5. The zero-order valence-electron chi connectivity index (χ0n) is 9.88. The van der Waals surface area contributed by atoms with Gasteiger partial charge in [0.2, 0.25) is 0 Å². The van der Waals surface area contributed by atoms with Crippen LogP contribution in [0.4, 0.5) is 0 Å². The standard InChI is InChI=1S/C12H18Cl2N2S/c1-2-5-17-8-11(16-15)6-9-3-4-10(13)7-12(9)14/h3-4,7,11,16H,2,5-6,8,15H2,1H3. The van der Waals surface area contributed by atoms with E-state index in [-0.39, 0.29) is 6.04 Å². The van der Waals surface area contributed by atoms with Crippen molar-refractivity contribution in [2.75, 3.05) is 11.5 Å². The molecule has 17 heavy (non-hydrogen) atoms. The van der Waals surface area contributed by atoms with Crippen molar-refractivity contribution in [3.05, 3.63) is 33.8 Å². The van der Waals surface area contributed by atoms with Crippen LogP contribution >= 0.6 is 35.0 Å². The third-order valence-corrected chi connectivity index (χ3v) is 4.31. The van der Waals surface area contributed by atoms with E-state index >= 15 is 0 Å². The van der Waals surface area contributed by atoms with Gasteiger partial charge in [-0.15, -0.1) is 0 Å². The quantitative estimate of drug-likeness (QED) is 0.459. The SMILES string of the molecule is CCCSCC(Cc1ccc(Cl)cc1Cl)NN. The van der Waals surface area contributed by atoms with Crippen LogP contribution in [0.25, 0.3) is 0 Å². The number of halogens is 2. The lowest BCUT2D eigenvalue weighted by atomic mass is 10.1. The summed E-state index contributed by atoms with van der Waals surface area (Å²) < 4.78 is 0. The van der Waals surface area contributed by atoms with Crippen LogP contribution in [0.15, 0.2) is 18.2 Å². The number of benzene rings is 1. The van der Waals surface area contributed by atoms with Crippen molar-refractivity contribution in [2.24, 2.45) is 5.84 Å². The number of thioether (sulfide) groups is 1. The highest BCUT2D eigenvalue weighted by molar-refractivity contribution is 7.99. The fraction of sp³-hybridized carbons (Fsp3) is 0.500. The van der Waals surface area contributed by atoms with Crippen molar-refractivity contribution in [1.29, 1.82) is 0 Å². The summed E-state index contributed by atoms with van der Waals surface area (Å²) in [6, 6.07) is 5.82. The Bertz CT molecular complexity index is 347. The van der Waals surface area contributed by atoms with Gasteiger partial charge in [0.1, 0.15) is 0 Å². The first kappa shape index (κ1) is 15.1. The van der Waals surface area contributed by atoms with Crippen LogP contribution in [0, 0.1) is 0 Å². The Kier molecular flexibility index (Phi) is 7.32. The number of hydrazine groups is 1. The Morgan fingerprint density at radius 3 is 2.76 bits per heavy atom. The van der Waals surface area contributed by atoms with Crippen molar-refractivity contribution >= 4 is 35.0 Å². The molecule has 0 saturated carbocycles. The second-order valence-corrected chi connectivity index (χ2v) is 5.87. The Morgan fingerprint density at radius 1 is 1.41 bits per heavy atom. The van der Waals surface area contributed by atoms with Crippen molar-refractivity contribution in [3.8, 4) is 0 Å². The maximum absolute atomic E-state index is 6.13. The summed E-state index contributed by atoms with van der Waals surface area (Å²) in [4.78, 5) is 0. The fourth-order valence-electron chi connectivity index (χ4n) is 1.49. The molecule has 0 aliphatic carbocycles. The zero-order chi connectivity index (χ0) is 12.7. The minimum Gasteiger partial charge on any atom is -0.271 e. The summed E-state index contributed by atoms with van der Waals surface area (Å²) in [6.07, 6.45) is 2.01. The molecule has 0 aliphatic heterocycles. The molecule has 1 aromatic carbocycles. The molecule has 0 radical (unpaired) electrons. The maximum atomic E-state index is 6.13. The van der Waals surface area contributed by atoms with E-state index in [0.717, 1.165) is 23.5 Å². The minimum atomic E-state index is 0.241. The molecule has 0 saturated heterocycles. The number of nitrogens with one attached hydrogen (secondary N) is 1. The van der Waals surface area contributed by atoms with Crippen molar-refractivity contribution < 1.29 is 0 Å². The molecule has 0 amide bonds. The number of rotatable bonds is 7. The van der Waals surface area contributed by atoms with E-state index in [0.29, 0.717) is 10.0 Å². The molecular formula is C12H18Cl2N2S. The molecule has 0 aliphatic rings. The Morgan fingerprint density at radius 2 is 2.18 bits per heavy atom. The maximum Gasteiger partial charge on any atom is 0.0453 e. The average molecular weight is 293 g/mol. The summed E-state index contributed by atoms with van der Waals surface area (Å²) in [7, 11) is 0. The molecule has 0 fully saturated rings. The highest BCUT2D eigenvalue weighted by Crippen LogP contribution is 2.22. The van der Waals surface area contributed by atoms with Gasteiger partial charge in [0.05, 0.1) is 0 Å². The van der Waals surface area contributed by atoms with Crippen LogP contribution in [0.2, 0.25) is 10.0 Å². The van der Waals surface area contributed by atoms with E-state index < -0.39 is 0 Å². The lowest BCUT2D eigenvalue weighted by molar-refractivity contribution is 0.575. The summed E-state index contributed by atoms with van der Waals surface area (Å²) in [5.74, 6) is 7.70. The molecular weight excluding hydrogens is 275 g/mol. The van der Waals surface area contributed by atoms with Crippen LogP contribution in [-0.4, -0.2) is 17.5 Å². The molecule has 0 heterocycles. The first-order valence-corrected chi connectivity index (χ1v) is 7.56. The van der Waals surface area contributed by atoms with Gasteiger partial charge in [-0.2, -0.15) is 11.8 Å². The van der Waals surface area contributed by atoms with Crippen LogP contribution < -0.4 is 11.3 Å². The fourth-order valence-corrected chi connectivity index (χ4v) is 2.93. The van der Waals surface area contributed by atoms with E-state index in [2.05, 4.69) is 12.3 Å². The Labute approximate surface area is 117 Å². The van der Waals surface area contributed by atoms with Gasteiger partial charge in [-0.3, -0.25) is 11.3 Å². The van der Waals surface area contributed by atoms with Gasteiger partial charge in [-0.05, 0) is 36.3 Å². The average Bonchev–Trinajstić information content (AvgIpc) is 2.31. The molecule has 0 aromatic heterocycles. The van der Waals surface area contributed by atoms with E-state index in [1.165, 1.54) is 6.42 Å². The first-order chi connectivity index (χ1) is 8.17. The normalized spacial score (nSPS) is 12.7. The molecule has 1 atom stereocenters. The van der Waals surface area contributed by atoms with Gasteiger partial charge in [0.15, 0.2) is 0 Å². The molecule has 5 heteroatoms. The van der Waals surface area contributed by atoms with Crippen molar-refractivity contribution in [2.45, 2.75) is 25.8 Å². The third-order valence-electron chi connectivity index (χ3n) is 2.38. The minimum absolute atomic E-state index is 0.241. The predicted molar refractivity (Wildman–Crippen MR) is 78.9 cm³/mol. The van der Waals surface area contributed by atoms with E-state index in [1.54, 1.807) is 6.07 Å². The van der Waals surface area contributed by atoms with E-state index in [4.69, 9.17) is 29.0 Å². The molecule has 0 spiro atoms. The van der Waals surface area contributed by atoms with Gasteiger partial charge in [0, 0.05) is 21.8 Å². The smallest absolute Gasteiger partial charge is 0.0453 e. The van der Waals surface area contributed by atoms with Crippen LogP contribution in [0.3, 0.4) is 0 Å². The molecule has 2 nitrogen and oxygen atoms in total. The van der Waals surface area contributed by atoms with Crippen molar-refractivity contribution in [3.63, 3.8) is 0 Å². The summed E-state index contributed by atoms with van der Waals surface area (Å²) in [6.45, 7) is 2.17. The second-order valence-electron chi connectivity index (χ2n) is 3.88. The molecule has 96 valence electrons. The predicted octanol–water partition coefficient (Wildman–Crippen LogP) is 3.51. The lowest BCUT2D eigenvalue weighted by Gasteiger charge is -2.16. The van der Waals surface area contributed by atoms with Gasteiger partial charge in [-0.1, -0.05) is 36.2 Å². The highest BCUT2D eigenvalue weighted by Gasteiger charge is 2.10. The van der Waals surface area contributed by atoms with Gasteiger partial charge < -0.3 is 0 Å². The van der Waals surface area contributed by atoms with Gasteiger partial charge >= 0.3 is 0 Å². The number of hydrogen-bond donors (Lipinski definition) is 2. The van der Waals surface area contributed by atoms with Crippen LogP contribution in [0.5, 0.6) is 0 Å². The lowest BCUT2D eigenvalue weighted by Crippen LogP contribution is -2.38. The van der Waals surface area contributed by atoms with E-state index in [9.17, 15) is 0 Å². The Balaban J connectivity index is 2.54. The van der Waals surface area contributed by atoms with Gasteiger partial charge in [-0.25, -0.2) is 0 Å². The number of hydrogen-bond acceptors (Lipinski definition) is 3. The van der Waals surface area contributed by atoms with Crippen LogP contribution in [0.1, 0.15) is 18.9 Å². The zero-order valence-corrected chi connectivity index (χ0v) is 12.2. The molecule has 1 rings (SSSR count).